The Hall–Kier alpha value is -1.14. The molecule has 1 unspecified atom stereocenters. The lowest BCUT2D eigenvalue weighted by atomic mass is 10.1. The fourth-order valence-electron chi connectivity index (χ4n) is 1.69. The van der Waals surface area contributed by atoms with Crippen molar-refractivity contribution in [1.82, 2.24) is 15.5 Å². The number of carbonyl (C=O) groups is 2. The van der Waals surface area contributed by atoms with Crippen molar-refractivity contribution in [2.24, 2.45) is 5.73 Å². The molecule has 1 saturated heterocycles. The Morgan fingerprint density at radius 1 is 1.60 bits per heavy atom. The van der Waals surface area contributed by atoms with E-state index in [1.807, 2.05) is 4.90 Å². The predicted octanol–water partition coefficient (Wildman–Crippen LogP) is -2.12. The molecule has 0 aliphatic carbocycles. The summed E-state index contributed by atoms with van der Waals surface area (Å²) in [6.07, 6.45) is 0.299. The third kappa shape index (κ3) is 3.49. The van der Waals surface area contributed by atoms with Crippen molar-refractivity contribution in [2.75, 3.05) is 33.2 Å². The van der Waals surface area contributed by atoms with E-state index in [-0.39, 0.29) is 17.9 Å². The fraction of sp³-hybridized carbons (Fsp3) is 0.778. The molecular weight excluding hydrogens is 196 g/mol. The number of rotatable bonds is 4. The summed E-state index contributed by atoms with van der Waals surface area (Å²) >= 11 is 0. The molecule has 1 aliphatic heterocycles. The summed E-state index contributed by atoms with van der Waals surface area (Å²) in [6.45, 7) is 2.78. The van der Waals surface area contributed by atoms with Crippen molar-refractivity contribution >= 4 is 11.8 Å². The van der Waals surface area contributed by atoms with Crippen LogP contribution in [0.2, 0.25) is 0 Å². The van der Waals surface area contributed by atoms with Gasteiger partial charge in [0.2, 0.25) is 11.8 Å². The molecule has 6 nitrogen and oxygen atoms in total. The Bertz CT molecular complexity index is 244. The Balaban J connectivity index is 2.49. The first-order valence-electron chi connectivity index (χ1n) is 5.10. The zero-order valence-electron chi connectivity index (χ0n) is 8.95. The molecule has 4 N–H and O–H groups in total. The molecule has 0 aromatic carbocycles. The number of nitrogens with zero attached hydrogens (tertiary/aromatic N) is 1. The van der Waals surface area contributed by atoms with Gasteiger partial charge in [-0.2, -0.15) is 0 Å². The zero-order chi connectivity index (χ0) is 11.3. The van der Waals surface area contributed by atoms with E-state index < -0.39 is 0 Å². The minimum Gasteiger partial charge on any atom is -0.370 e. The summed E-state index contributed by atoms with van der Waals surface area (Å²) in [7, 11) is 1.61. The lowest BCUT2D eigenvalue weighted by Gasteiger charge is -2.34. The quantitative estimate of drug-likeness (QED) is 0.499. The molecule has 1 heterocycles. The second-order valence-corrected chi connectivity index (χ2v) is 3.59. The van der Waals surface area contributed by atoms with Crippen LogP contribution in [0.4, 0.5) is 0 Å². The summed E-state index contributed by atoms with van der Waals surface area (Å²) in [5.74, 6) is -0.351. The standard InChI is InChI=1S/C9H18N4O2/c1-11-9(15)7-6-12-3-5-13(7)4-2-8(10)14/h7,12H,2-6H2,1H3,(H2,10,14)(H,11,15). The molecule has 1 rings (SSSR count). The number of amides is 2. The predicted molar refractivity (Wildman–Crippen MR) is 56.1 cm³/mol. The number of hydrogen-bond acceptors (Lipinski definition) is 4. The molecule has 1 fully saturated rings. The van der Waals surface area contributed by atoms with Gasteiger partial charge in [-0.15, -0.1) is 0 Å². The molecule has 0 aromatic heterocycles. The smallest absolute Gasteiger partial charge is 0.238 e. The topological polar surface area (TPSA) is 87.5 Å². The summed E-state index contributed by atoms with van der Waals surface area (Å²) in [6, 6.07) is -0.192. The lowest BCUT2D eigenvalue weighted by Crippen LogP contribution is -2.57. The van der Waals surface area contributed by atoms with Crippen LogP contribution in [0.1, 0.15) is 6.42 Å². The van der Waals surface area contributed by atoms with Crippen LogP contribution >= 0.6 is 0 Å². The van der Waals surface area contributed by atoms with Crippen LogP contribution in [0.25, 0.3) is 0 Å². The number of carbonyl (C=O) groups excluding carboxylic acids is 2. The molecule has 0 bridgehead atoms. The van der Waals surface area contributed by atoms with Crippen LogP contribution in [0.15, 0.2) is 0 Å². The fourth-order valence-corrected chi connectivity index (χ4v) is 1.69. The van der Waals surface area contributed by atoms with Gasteiger partial charge in [0.25, 0.3) is 0 Å². The van der Waals surface area contributed by atoms with Crippen molar-refractivity contribution in [3.05, 3.63) is 0 Å². The Kier molecular flexibility index (Phi) is 4.51. The van der Waals surface area contributed by atoms with Crippen molar-refractivity contribution in [3.63, 3.8) is 0 Å². The van der Waals surface area contributed by atoms with Gasteiger partial charge in [-0.1, -0.05) is 0 Å². The molecule has 6 heteroatoms. The van der Waals surface area contributed by atoms with Crippen molar-refractivity contribution in [1.29, 1.82) is 0 Å². The highest BCUT2D eigenvalue weighted by molar-refractivity contribution is 5.82. The highest BCUT2D eigenvalue weighted by Crippen LogP contribution is 2.04. The van der Waals surface area contributed by atoms with Gasteiger partial charge in [0.1, 0.15) is 6.04 Å². The van der Waals surface area contributed by atoms with Crippen LogP contribution in [0.3, 0.4) is 0 Å². The van der Waals surface area contributed by atoms with Gasteiger partial charge in [0.15, 0.2) is 0 Å². The molecule has 2 amide bonds. The van der Waals surface area contributed by atoms with Crippen molar-refractivity contribution in [3.8, 4) is 0 Å². The van der Waals surface area contributed by atoms with Gasteiger partial charge < -0.3 is 16.4 Å². The molecular formula is C9H18N4O2. The van der Waals surface area contributed by atoms with E-state index in [2.05, 4.69) is 10.6 Å². The maximum absolute atomic E-state index is 11.5. The average molecular weight is 214 g/mol. The second kappa shape index (κ2) is 5.67. The Morgan fingerprint density at radius 3 is 2.93 bits per heavy atom. The van der Waals surface area contributed by atoms with Crippen LogP contribution in [-0.4, -0.2) is 56.0 Å². The van der Waals surface area contributed by atoms with Crippen molar-refractivity contribution < 1.29 is 9.59 Å². The van der Waals surface area contributed by atoms with Gasteiger partial charge in [-0.25, -0.2) is 0 Å². The zero-order valence-corrected chi connectivity index (χ0v) is 8.95. The molecule has 0 aromatic rings. The molecule has 86 valence electrons. The number of nitrogens with one attached hydrogen (secondary N) is 2. The summed E-state index contributed by atoms with van der Waals surface area (Å²) in [4.78, 5) is 24.2. The van der Waals surface area contributed by atoms with Gasteiger partial charge in [-0.3, -0.25) is 14.5 Å². The monoisotopic (exact) mass is 214 g/mol. The third-order valence-corrected chi connectivity index (χ3v) is 2.55. The van der Waals surface area contributed by atoms with Crippen LogP contribution in [0.5, 0.6) is 0 Å². The Labute approximate surface area is 89.2 Å². The first kappa shape index (κ1) is 11.9. The number of hydrogen-bond donors (Lipinski definition) is 3. The molecule has 0 radical (unpaired) electrons. The van der Waals surface area contributed by atoms with E-state index in [9.17, 15) is 9.59 Å². The largest absolute Gasteiger partial charge is 0.370 e. The lowest BCUT2D eigenvalue weighted by molar-refractivity contribution is -0.127. The molecule has 1 aliphatic rings. The molecule has 0 saturated carbocycles. The summed E-state index contributed by atoms with van der Waals surface area (Å²) in [5.41, 5.74) is 5.08. The maximum atomic E-state index is 11.5. The molecule has 15 heavy (non-hydrogen) atoms. The molecule has 1 atom stereocenters. The second-order valence-electron chi connectivity index (χ2n) is 3.59. The average Bonchev–Trinajstić information content (AvgIpc) is 2.25. The van der Waals surface area contributed by atoms with E-state index >= 15 is 0 Å². The van der Waals surface area contributed by atoms with Crippen molar-refractivity contribution in [2.45, 2.75) is 12.5 Å². The molecule has 0 spiro atoms. The number of likely N-dealkylation sites (N-methyl/N-ethyl adjacent to an activating group) is 1. The van der Waals surface area contributed by atoms with E-state index in [0.717, 1.165) is 13.1 Å². The minimum absolute atomic E-state index is 0.0216. The van der Waals surface area contributed by atoms with Gasteiger partial charge in [0.05, 0.1) is 0 Å². The Morgan fingerprint density at radius 2 is 2.33 bits per heavy atom. The maximum Gasteiger partial charge on any atom is 0.238 e. The minimum atomic E-state index is -0.329. The van der Waals surface area contributed by atoms with Gasteiger partial charge >= 0.3 is 0 Å². The summed E-state index contributed by atoms with van der Waals surface area (Å²) in [5, 5.41) is 5.76. The highest BCUT2D eigenvalue weighted by atomic mass is 16.2. The first-order chi connectivity index (χ1) is 7.15. The van der Waals surface area contributed by atoms with Crippen LogP contribution < -0.4 is 16.4 Å². The number of primary amides is 1. The van der Waals surface area contributed by atoms with E-state index in [0.29, 0.717) is 19.5 Å². The van der Waals surface area contributed by atoms with Gasteiger partial charge in [-0.05, 0) is 0 Å². The van der Waals surface area contributed by atoms with E-state index in [4.69, 9.17) is 5.73 Å². The number of piperazine rings is 1. The normalized spacial score (nSPS) is 22.3. The van der Waals surface area contributed by atoms with E-state index in [1.165, 1.54) is 0 Å². The van der Waals surface area contributed by atoms with Gasteiger partial charge in [0, 0.05) is 39.6 Å². The first-order valence-corrected chi connectivity index (χ1v) is 5.10. The summed E-state index contributed by atoms with van der Waals surface area (Å²) < 4.78 is 0. The van der Waals surface area contributed by atoms with E-state index in [1.54, 1.807) is 7.05 Å². The van der Waals surface area contributed by atoms with Crippen LogP contribution in [-0.2, 0) is 9.59 Å². The highest BCUT2D eigenvalue weighted by Gasteiger charge is 2.27. The third-order valence-electron chi connectivity index (χ3n) is 2.55. The van der Waals surface area contributed by atoms with Crippen LogP contribution in [0, 0.1) is 0 Å². The number of nitrogens with two attached hydrogens (primary N) is 1. The SMILES string of the molecule is CNC(=O)C1CNCCN1CCC(N)=O.